The van der Waals surface area contributed by atoms with Gasteiger partial charge in [-0.15, -0.1) is 0 Å². The van der Waals surface area contributed by atoms with Crippen LogP contribution in [0.1, 0.15) is 32.6 Å². The fourth-order valence-electron chi connectivity index (χ4n) is 4.88. The van der Waals surface area contributed by atoms with Crippen LogP contribution in [0.15, 0.2) is 0 Å². The summed E-state index contributed by atoms with van der Waals surface area (Å²) < 4.78 is 0. The number of piperidine rings is 1. The molecule has 1 aliphatic carbocycles. The summed E-state index contributed by atoms with van der Waals surface area (Å²) in [4.78, 5) is 30.7. The van der Waals surface area contributed by atoms with Crippen LogP contribution in [-0.2, 0) is 4.79 Å². The van der Waals surface area contributed by atoms with Crippen LogP contribution in [0.4, 0.5) is 4.79 Å². The minimum atomic E-state index is -0.251. The Kier molecular flexibility index (Phi) is 3.15. The van der Waals surface area contributed by atoms with E-state index in [1.54, 1.807) is 9.80 Å². The second-order valence-electron chi connectivity index (χ2n) is 7.71. The van der Waals surface area contributed by atoms with E-state index in [0.29, 0.717) is 24.0 Å². The number of likely N-dealkylation sites (tertiary alicyclic amines) is 1. The predicted octanol–water partition coefficient (Wildman–Crippen LogP) is 0.485. The summed E-state index contributed by atoms with van der Waals surface area (Å²) in [6.45, 7) is 6.43. The SMILES string of the molecule is CCN1CC2(CC(NC(=O)[C@@H]3CC[C@@H]4CN3C(=O)N4C)C2)C1. The molecule has 0 unspecified atom stereocenters. The first-order valence-electron chi connectivity index (χ1n) is 8.57. The highest BCUT2D eigenvalue weighted by Crippen LogP contribution is 2.48. The number of carbonyl (C=O) groups is 2. The Hall–Kier alpha value is -1.30. The molecule has 6 nitrogen and oxygen atoms in total. The van der Waals surface area contributed by atoms with Gasteiger partial charge in [0.25, 0.3) is 0 Å². The first kappa shape index (κ1) is 14.3. The lowest BCUT2D eigenvalue weighted by Crippen LogP contribution is -2.67. The summed E-state index contributed by atoms with van der Waals surface area (Å²) in [5, 5.41) is 3.19. The standard InChI is InChI=1S/C16H26N4O2/c1-3-19-9-16(10-19)6-11(7-16)17-14(21)13-5-4-12-8-20(13)15(22)18(12)2/h11-13H,3-10H2,1-2H3,(H,17,21)/t12-,13+/m1/s1. The normalized spacial score (nSPS) is 33.8. The van der Waals surface area contributed by atoms with Crippen LogP contribution in [-0.4, -0.2) is 78.0 Å². The van der Waals surface area contributed by atoms with Gasteiger partial charge < -0.3 is 20.0 Å². The average Bonchev–Trinajstić information content (AvgIpc) is 2.65. The van der Waals surface area contributed by atoms with E-state index >= 15 is 0 Å². The van der Waals surface area contributed by atoms with Crippen LogP contribution < -0.4 is 5.32 Å². The van der Waals surface area contributed by atoms with Gasteiger partial charge in [-0.1, -0.05) is 6.92 Å². The maximum atomic E-state index is 12.5. The lowest BCUT2D eigenvalue weighted by atomic mass is 9.60. The number of nitrogens with one attached hydrogen (secondary N) is 1. The van der Waals surface area contributed by atoms with E-state index in [-0.39, 0.29) is 18.0 Å². The number of urea groups is 1. The van der Waals surface area contributed by atoms with E-state index in [0.717, 1.165) is 32.2 Å². The van der Waals surface area contributed by atoms with Gasteiger partial charge in [0.2, 0.25) is 5.91 Å². The molecule has 3 aliphatic heterocycles. The number of hydrogen-bond donors (Lipinski definition) is 1. The summed E-state index contributed by atoms with van der Waals surface area (Å²) in [6, 6.07) is 0.391. The largest absolute Gasteiger partial charge is 0.352 e. The zero-order valence-electron chi connectivity index (χ0n) is 13.5. The molecule has 0 aromatic heterocycles. The van der Waals surface area contributed by atoms with Crippen molar-refractivity contribution in [2.75, 3.05) is 33.2 Å². The first-order chi connectivity index (χ1) is 10.5. The third kappa shape index (κ3) is 2.03. The molecule has 3 saturated heterocycles. The molecule has 1 saturated carbocycles. The summed E-state index contributed by atoms with van der Waals surface area (Å²) in [5.41, 5.74) is 0.481. The number of amides is 3. The second-order valence-corrected chi connectivity index (χ2v) is 7.71. The van der Waals surface area contributed by atoms with Crippen molar-refractivity contribution in [3.8, 4) is 0 Å². The first-order valence-corrected chi connectivity index (χ1v) is 8.57. The van der Waals surface area contributed by atoms with E-state index in [2.05, 4.69) is 17.1 Å². The summed E-state index contributed by atoms with van der Waals surface area (Å²) >= 11 is 0. The van der Waals surface area contributed by atoms with Crippen LogP contribution in [0.3, 0.4) is 0 Å². The van der Waals surface area contributed by atoms with Crippen molar-refractivity contribution in [1.29, 1.82) is 0 Å². The highest BCUT2D eigenvalue weighted by molar-refractivity contribution is 5.89. The van der Waals surface area contributed by atoms with Crippen LogP contribution in [0.2, 0.25) is 0 Å². The maximum absolute atomic E-state index is 12.5. The van der Waals surface area contributed by atoms with Crippen LogP contribution in [0, 0.1) is 5.41 Å². The Morgan fingerprint density at radius 2 is 2.05 bits per heavy atom. The lowest BCUT2D eigenvalue weighted by molar-refractivity contribution is -0.131. The Balaban J connectivity index is 1.30. The average molecular weight is 306 g/mol. The fourth-order valence-corrected chi connectivity index (χ4v) is 4.88. The molecule has 6 heteroatoms. The molecule has 4 rings (SSSR count). The van der Waals surface area contributed by atoms with Crippen molar-refractivity contribution in [2.24, 2.45) is 5.41 Å². The number of carbonyl (C=O) groups excluding carboxylic acids is 2. The molecule has 1 N–H and O–H groups in total. The zero-order valence-corrected chi connectivity index (χ0v) is 13.5. The monoisotopic (exact) mass is 306 g/mol. The summed E-state index contributed by atoms with van der Waals surface area (Å²) in [7, 11) is 1.85. The molecule has 2 bridgehead atoms. The van der Waals surface area contributed by atoms with Gasteiger partial charge >= 0.3 is 6.03 Å². The van der Waals surface area contributed by atoms with E-state index < -0.39 is 0 Å². The third-order valence-electron chi connectivity index (χ3n) is 6.23. The van der Waals surface area contributed by atoms with Gasteiger partial charge in [0.15, 0.2) is 0 Å². The molecule has 2 atom stereocenters. The van der Waals surface area contributed by atoms with Gasteiger partial charge in [0.05, 0.1) is 6.04 Å². The Morgan fingerprint density at radius 1 is 1.32 bits per heavy atom. The Labute approximate surface area is 131 Å². The number of nitrogens with zero attached hydrogens (tertiary/aromatic N) is 3. The molecule has 0 radical (unpaired) electrons. The number of rotatable bonds is 3. The molecule has 0 aromatic rings. The summed E-state index contributed by atoms with van der Waals surface area (Å²) in [6.07, 6.45) is 3.96. The van der Waals surface area contributed by atoms with Crippen molar-refractivity contribution < 1.29 is 9.59 Å². The quantitative estimate of drug-likeness (QED) is 0.825. The van der Waals surface area contributed by atoms with Crippen molar-refractivity contribution in [2.45, 2.75) is 50.7 Å². The zero-order chi connectivity index (χ0) is 15.5. The van der Waals surface area contributed by atoms with E-state index in [1.165, 1.54) is 13.1 Å². The molecule has 3 amide bonds. The van der Waals surface area contributed by atoms with Gasteiger partial charge in [-0.2, -0.15) is 0 Å². The Bertz CT molecular complexity index is 494. The molecular formula is C16H26N4O2. The minimum absolute atomic E-state index is 0.0188. The maximum Gasteiger partial charge on any atom is 0.320 e. The Morgan fingerprint density at radius 3 is 2.73 bits per heavy atom. The lowest BCUT2D eigenvalue weighted by Gasteiger charge is -2.59. The van der Waals surface area contributed by atoms with Gasteiger partial charge in [-0.05, 0) is 37.6 Å². The molecule has 4 fully saturated rings. The number of hydrogen-bond acceptors (Lipinski definition) is 3. The van der Waals surface area contributed by atoms with E-state index in [4.69, 9.17) is 0 Å². The summed E-state index contributed by atoms with van der Waals surface area (Å²) in [5.74, 6) is 0.0635. The van der Waals surface area contributed by atoms with Crippen LogP contribution in [0.25, 0.3) is 0 Å². The van der Waals surface area contributed by atoms with E-state index in [1.807, 2.05) is 7.05 Å². The topological polar surface area (TPSA) is 55.9 Å². The van der Waals surface area contributed by atoms with Gasteiger partial charge in [-0.3, -0.25) is 4.79 Å². The smallest absolute Gasteiger partial charge is 0.320 e. The van der Waals surface area contributed by atoms with Crippen LogP contribution >= 0.6 is 0 Å². The minimum Gasteiger partial charge on any atom is -0.352 e. The van der Waals surface area contributed by atoms with Gasteiger partial charge in [-0.25, -0.2) is 4.79 Å². The molecule has 22 heavy (non-hydrogen) atoms. The molecule has 4 aliphatic rings. The second kappa shape index (κ2) is 4.85. The van der Waals surface area contributed by atoms with Crippen molar-refractivity contribution in [1.82, 2.24) is 20.0 Å². The number of likely N-dealkylation sites (N-methyl/N-ethyl adjacent to an activating group) is 1. The molecule has 0 aromatic carbocycles. The van der Waals surface area contributed by atoms with Gasteiger partial charge in [0, 0.05) is 32.7 Å². The molecule has 122 valence electrons. The predicted molar refractivity (Wildman–Crippen MR) is 82.4 cm³/mol. The fraction of sp³-hybridized carbons (Fsp3) is 0.875. The highest BCUT2D eigenvalue weighted by Gasteiger charge is 2.53. The van der Waals surface area contributed by atoms with E-state index in [9.17, 15) is 9.59 Å². The highest BCUT2D eigenvalue weighted by atomic mass is 16.2. The number of fused-ring (bicyclic) bond motifs is 2. The third-order valence-corrected chi connectivity index (χ3v) is 6.23. The van der Waals surface area contributed by atoms with Crippen molar-refractivity contribution in [3.63, 3.8) is 0 Å². The molecular weight excluding hydrogens is 280 g/mol. The van der Waals surface area contributed by atoms with Crippen molar-refractivity contribution in [3.05, 3.63) is 0 Å². The van der Waals surface area contributed by atoms with Crippen molar-refractivity contribution >= 4 is 11.9 Å². The van der Waals surface area contributed by atoms with Gasteiger partial charge in [0.1, 0.15) is 6.04 Å². The molecule has 1 spiro atoms. The van der Waals surface area contributed by atoms with Crippen LogP contribution in [0.5, 0.6) is 0 Å². The molecule has 3 heterocycles.